The first-order valence-electron chi connectivity index (χ1n) is 7.18. The number of imidazole rings is 1. The highest BCUT2D eigenvalue weighted by molar-refractivity contribution is 7.20. The van der Waals surface area contributed by atoms with Crippen LogP contribution in [0.1, 0.15) is 18.5 Å². The molecule has 4 heterocycles. The van der Waals surface area contributed by atoms with Crippen LogP contribution in [-0.4, -0.2) is 42.5 Å². The molecule has 0 aromatic carbocycles. The number of fused-ring (bicyclic) bond motifs is 1. The van der Waals surface area contributed by atoms with E-state index in [0.29, 0.717) is 5.92 Å². The lowest BCUT2D eigenvalue weighted by Crippen LogP contribution is -2.37. The molecule has 0 N–H and O–H groups in total. The van der Waals surface area contributed by atoms with E-state index in [-0.39, 0.29) is 0 Å². The van der Waals surface area contributed by atoms with E-state index in [9.17, 15) is 0 Å². The maximum absolute atomic E-state index is 4.65. The highest BCUT2D eigenvalue weighted by atomic mass is 32.1. The van der Waals surface area contributed by atoms with Gasteiger partial charge in [-0.3, -0.25) is 4.68 Å². The second-order valence-corrected chi connectivity index (χ2v) is 6.50. The van der Waals surface area contributed by atoms with Crippen LogP contribution in [0.25, 0.3) is 4.96 Å². The number of hydrogen-bond donors (Lipinski definition) is 0. The quantitative estimate of drug-likeness (QED) is 0.735. The molecule has 8 heteroatoms. The summed E-state index contributed by atoms with van der Waals surface area (Å²) in [5.41, 5.74) is 1.02. The van der Waals surface area contributed by atoms with Gasteiger partial charge in [0.05, 0.1) is 11.9 Å². The predicted molar refractivity (Wildman–Crippen MR) is 80.6 cm³/mol. The molecule has 4 rings (SSSR count). The van der Waals surface area contributed by atoms with E-state index in [0.717, 1.165) is 35.4 Å². The molecule has 1 aliphatic rings. The summed E-state index contributed by atoms with van der Waals surface area (Å²) in [5.74, 6) is 0.596. The van der Waals surface area contributed by atoms with Crippen LogP contribution in [0.5, 0.6) is 0 Å². The largest absolute Gasteiger partial charge is 0.346 e. The number of nitrogens with zero attached hydrogens (tertiary/aromatic N) is 7. The van der Waals surface area contributed by atoms with Gasteiger partial charge in [0, 0.05) is 19.6 Å². The molecule has 0 radical (unpaired) electrons. The standard InChI is InChI=1S/C13H17N7S/c1-10-5-20-12(16-10)21-13(17-20)18-4-2-3-11(6-18)7-19-9-14-8-15-19/h5,8-9,11H,2-4,6-7H2,1H3/t11-/m0/s1. The van der Waals surface area contributed by atoms with Gasteiger partial charge in [0.1, 0.15) is 12.7 Å². The molecule has 3 aromatic rings. The summed E-state index contributed by atoms with van der Waals surface area (Å²) in [7, 11) is 0. The molecule has 1 saturated heterocycles. The topological polar surface area (TPSA) is 64.1 Å². The zero-order valence-corrected chi connectivity index (χ0v) is 12.7. The molecule has 1 aliphatic heterocycles. The van der Waals surface area contributed by atoms with E-state index in [1.54, 1.807) is 24.0 Å². The summed E-state index contributed by atoms with van der Waals surface area (Å²) < 4.78 is 3.81. The van der Waals surface area contributed by atoms with Crippen molar-refractivity contribution in [3.05, 3.63) is 24.5 Å². The van der Waals surface area contributed by atoms with Crippen molar-refractivity contribution < 1.29 is 0 Å². The highest BCUT2D eigenvalue weighted by Crippen LogP contribution is 2.28. The fourth-order valence-electron chi connectivity index (χ4n) is 2.91. The van der Waals surface area contributed by atoms with Crippen LogP contribution in [0.15, 0.2) is 18.9 Å². The zero-order chi connectivity index (χ0) is 14.2. The van der Waals surface area contributed by atoms with Crippen LogP contribution in [0.2, 0.25) is 0 Å². The number of aromatic nitrogens is 6. The summed E-state index contributed by atoms with van der Waals surface area (Å²) in [6.45, 7) is 5.02. The summed E-state index contributed by atoms with van der Waals surface area (Å²) in [4.78, 5) is 11.8. The van der Waals surface area contributed by atoms with Crippen LogP contribution >= 0.6 is 11.3 Å². The number of piperidine rings is 1. The van der Waals surface area contributed by atoms with Gasteiger partial charge >= 0.3 is 0 Å². The molecule has 1 fully saturated rings. The van der Waals surface area contributed by atoms with Crippen molar-refractivity contribution in [3.63, 3.8) is 0 Å². The highest BCUT2D eigenvalue weighted by Gasteiger charge is 2.23. The van der Waals surface area contributed by atoms with Crippen molar-refractivity contribution in [1.29, 1.82) is 0 Å². The van der Waals surface area contributed by atoms with Gasteiger partial charge in [-0.05, 0) is 25.7 Å². The predicted octanol–water partition coefficient (Wildman–Crippen LogP) is 1.61. The number of anilines is 1. The van der Waals surface area contributed by atoms with Gasteiger partial charge in [0.2, 0.25) is 10.1 Å². The average molecular weight is 303 g/mol. The minimum Gasteiger partial charge on any atom is -0.346 e. The van der Waals surface area contributed by atoms with Crippen LogP contribution in [0, 0.1) is 12.8 Å². The zero-order valence-electron chi connectivity index (χ0n) is 11.9. The molecular weight excluding hydrogens is 286 g/mol. The third kappa shape index (κ3) is 2.51. The van der Waals surface area contributed by atoms with Gasteiger partial charge in [-0.1, -0.05) is 11.3 Å². The van der Waals surface area contributed by atoms with E-state index in [1.807, 2.05) is 22.3 Å². The van der Waals surface area contributed by atoms with Gasteiger partial charge in [-0.15, -0.1) is 5.10 Å². The van der Waals surface area contributed by atoms with E-state index in [2.05, 4.69) is 25.1 Å². The van der Waals surface area contributed by atoms with Crippen molar-refractivity contribution in [2.24, 2.45) is 5.92 Å². The van der Waals surface area contributed by atoms with Gasteiger partial charge in [-0.25, -0.2) is 14.5 Å². The van der Waals surface area contributed by atoms with E-state index < -0.39 is 0 Å². The van der Waals surface area contributed by atoms with Gasteiger partial charge in [-0.2, -0.15) is 5.10 Å². The minimum atomic E-state index is 0.596. The molecule has 0 saturated carbocycles. The normalized spacial score (nSPS) is 19.5. The first-order chi connectivity index (χ1) is 10.3. The van der Waals surface area contributed by atoms with Crippen LogP contribution in [0.3, 0.4) is 0 Å². The van der Waals surface area contributed by atoms with Crippen molar-refractivity contribution in [3.8, 4) is 0 Å². The maximum Gasteiger partial charge on any atom is 0.214 e. The van der Waals surface area contributed by atoms with Gasteiger partial charge in [0.15, 0.2) is 0 Å². The molecule has 0 amide bonds. The van der Waals surface area contributed by atoms with E-state index in [4.69, 9.17) is 0 Å². The second kappa shape index (κ2) is 5.10. The molecule has 110 valence electrons. The number of hydrogen-bond acceptors (Lipinski definition) is 6. The Morgan fingerprint density at radius 1 is 1.43 bits per heavy atom. The Labute approximate surface area is 126 Å². The molecule has 3 aromatic heterocycles. The first-order valence-corrected chi connectivity index (χ1v) is 8.00. The first kappa shape index (κ1) is 12.8. The summed E-state index contributed by atoms with van der Waals surface area (Å²) in [6, 6.07) is 0. The smallest absolute Gasteiger partial charge is 0.214 e. The molecular formula is C13H17N7S. The Hall–Kier alpha value is -1.96. The Bertz CT molecular complexity index is 697. The fourth-order valence-corrected chi connectivity index (χ4v) is 3.87. The van der Waals surface area contributed by atoms with Crippen molar-refractivity contribution in [2.45, 2.75) is 26.3 Å². The van der Waals surface area contributed by atoms with Crippen molar-refractivity contribution in [2.75, 3.05) is 18.0 Å². The van der Waals surface area contributed by atoms with Crippen LogP contribution < -0.4 is 4.90 Å². The summed E-state index contributed by atoms with van der Waals surface area (Å²) in [6.07, 6.45) is 7.79. The third-order valence-corrected chi connectivity index (χ3v) is 4.84. The van der Waals surface area contributed by atoms with Crippen LogP contribution in [-0.2, 0) is 6.54 Å². The Morgan fingerprint density at radius 3 is 3.19 bits per heavy atom. The fraction of sp³-hybridized carbons (Fsp3) is 0.538. The molecule has 0 bridgehead atoms. The lowest BCUT2D eigenvalue weighted by atomic mass is 9.98. The third-order valence-electron chi connectivity index (χ3n) is 3.85. The molecule has 7 nitrogen and oxygen atoms in total. The van der Waals surface area contributed by atoms with Gasteiger partial charge < -0.3 is 4.90 Å². The summed E-state index contributed by atoms with van der Waals surface area (Å²) in [5, 5.41) is 9.93. The van der Waals surface area contributed by atoms with Crippen molar-refractivity contribution >= 4 is 21.4 Å². The van der Waals surface area contributed by atoms with Crippen molar-refractivity contribution in [1.82, 2.24) is 29.4 Å². The lowest BCUT2D eigenvalue weighted by Gasteiger charge is -2.32. The molecule has 0 spiro atoms. The lowest BCUT2D eigenvalue weighted by molar-refractivity contribution is 0.351. The molecule has 21 heavy (non-hydrogen) atoms. The molecule has 0 unspecified atom stereocenters. The monoisotopic (exact) mass is 303 g/mol. The Balaban J connectivity index is 1.50. The SMILES string of the molecule is Cc1cn2nc(N3CCC[C@H](Cn4cncn4)C3)sc2n1. The van der Waals surface area contributed by atoms with Crippen LogP contribution in [0.4, 0.5) is 5.13 Å². The molecule has 1 atom stereocenters. The number of rotatable bonds is 3. The summed E-state index contributed by atoms with van der Waals surface area (Å²) >= 11 is 1.67. The Morgan fingerprint density at radius 2 is 2.38 bits per heavy atom. The molecule has 0 aliphatic carbocycles. The van der Waals surface area contributed by atoms with Gasteiger partial charge in [0.25, 0.3) is 0 Å². The average Bonchev–Trinajstić information content (AvgIpc) is 3.15. The second-order valence-electron chi connectivity index (χ2n) is 5.57. The maximum atomic E-state index is 4.65. The minimum absolute atomic E-state index is 0.596. The number of aryl methyl sites for hydroxylation is 1. The Kier molecular flexibility index (Phi) is 3.10. The van der Waals surface area contributed by atoms with E-state index >= 15 is 0 Å². The van der Waals surface area contributed by atoms with E-state index in [1.165, 1.54) is 12.8 Å².